The third-order valence-corrected chi connectivity index (χ3v) is 4.61. The van der Waals surface area contributed by atoms with E-state index in [1.54, 1.807) is 0 Å². The molecule has 0 aliphatic carbocycles. The smallest absolute Gasteiger partial charge is 0.0707 e. The number of nitrogens with zero attached hydrogens (tertiary/aromatic N) is 1. The lowest BCUT2D eigenvalue weighted by Crippen LogP contribution is -2.34. The van der Waals surface area contributed by atoms with Crippen LogP contribution >= 0.6 is 0 Å². The van der Waals surface area contributed by atoms with Crippen molar-refractivity contribution in [1.29, 1.82) is 0 Å². The van der Waals surface area contributed by atoms with Gasteiger partial charge in [-0.15, -0.1) is 0 Å². The molecular weight excluding hydrogens is 224 g/mol. The predicted molar refractivity (Wildman–Crippen MR) is 75.9 cm³/mol. The van der Waals surface area contributed by atoms with Crippen LogP contribution in [0.25, 0.3) is 0 Å². The third-order valence-electron chi connectivity index (χ3n) is 4.61. The molecule has 2 aliphatic rings. The SMILES string of the molecule is CCC1CCCN(CC2CCC(CNC)O2)CC1. The van der Waals surface area contributed by atoms with Crippen molar-refractivity contribution in [2.45, 2.75) is 57.7 Å². The Morgan fingerprint density at radius 2 is 1.94 bits per heavy atom. The molecule has 2 fully saturated rings. The number of hydrogen-bond donors (Lipinski definition) is 1. The van der Waals surface area contributed by atoms with Gasteiger partial charge in [-0.3, -0.25) is 0 Å². The Hall–Kier alpha value is -0.120. The minimum Gasteiger partial charge on any atom is -0.372 e. The van der Waals surface area contributed by atoms with Crippen molar-refractivity contribution in [2.75, 3.05) is 33.2 Å². The summed E-state index contributed by atoms with van der Waals surface area (Å²) in [6, 6.07) is 0. The maximum Gasteiger partial charge on any atom is 0.0707 e. The van der Waals surface area contributed by atoms with Crippen LogP contribution < -0.4 is 5.32 Å². The van der Waals surface area contributed by atoms with Gasteiger partial charge < -0.3 is 15.0 Å². The molecule has 0 radical (unpaired) electrons. The van der Waals surface area contributed by atoms with E-state index in [2.05, 4.69) is 17.1 Å². The molecule has 0 amide bonds. The zero-order chi connectivity index (χ0) is 12.8. The van der Waals surface area contributed by atoms with Crippen LogP contribution in [0.5, 0.6) is 0 Å². The van der Waals surface area contributed by atoms with Gasteiger partial charge in [0.2, 0.25) is 0 Å². The van der Waals surface area contributed by atoms with E-state index >= 15 is 0 Å². The van der Waals surface area contributed by atoms with Crippen LogP contribution in [0.2, 0.25) is 0 Å². The highest BCUT2D eigenvalue weighted by atomic mass is 16.5. The molecule has 0 bridgehead atoms. The molecule has 0 aromatic heterocycles. The minimum absolute atomic E-state index is 0.454. The number of likely N-dealkylation sites (tertiary alicyclic amines) is 1. The topological polar surface area (TPSA) is 24.5 Å². The Bertz CT molecular complexity index is 235. The summed E-state index contributed by atoms with van der Waals surface area (Å²) in [7, 11) is 2.01. The van der Waals surface area contributed by atoms with Crippen LogP contribution in [-0.4, -0.2) is 50.3 Å². The summed E-state index contributed by atoms with van der Waals surface area (Å²) in [5.74, 6) is 0.969. The van der Waals surface area contributed by atoms with Crippen LogP contribution in [0.1, 0.15) is 45.4 Å². The van der Waals surface area contributed by atoms with Gasteiger partial charge in [0, 0.05) is 13.1 Å². The van der Waals surface area contributed by atoms with E-state index in [0.717, 1.165) is 19.0 Å². The van der Waals surface area contributed by atoms with Gasteiger partial charge in [0.15, 0.2) is 0 Å². The van der Waals surface area contributed by atoms with Crippen LogP contribution in [0.4, 0.5) is 0 Å². The third kappa shape index (κ3) is 4.22. The quantitative estimate of drug-likeness (QED) is 0.814. The largest absolute Gasteiger partial charge is 0.372 e. The van der Waals surface area contributed by atoms with Gasteiger partial charge in [-0.25, -0.2) is 0 Å². The second-order valence-corrected chi connectivity index (χ2v) is 6.02. The Balaban J connectivity index is 1.70. The Morgan fingerprint density at radius 1 is 1.11 bits per heavy atom. The molecule has 0 spiro atoms. The summed E-state index contributed by atoms with van der Waals surface area (Å²) < 4.78 is 6.09. The van der Waals surface area contributed by atoms with E-state index in [-0.39, 0.29) is 0 Å². The summed E-state index contributed by atoms with van der Waals surface area (Å²) in [6.45, 7) is 7.08. The lowest BCUT2D eigenvalue weighted by atomic mass is 9.98. The Kier molecular flexibility index (Phi) is 5.93. The van der Waals surface area contributed by atoms with E-state index in [4.69, 9.17) is 4.74 Å². The molecule has 0 aromatic carbocycles. The van der Waals surface area contributed by atoms with E-state index in [1.165, 1.54) is 51.6 Å². The number of rotatable bonds is 5. The minimum atomic E-state index is 0.454. The molecule has 2 aliphatic heterocycles. The first-order chi connectivity index (χ1) is 8.81. The van der Waals surface area contributed by atoms with Crippen molar-refractivity contribution < 1.29 is 4.74 Å². The maximum absolute atomic E-state index is 6.09. The molecular formula is C15H30N2O. The molecule has 0 saturated carbocycles. The highest BCUT2D eigenvalue weighted by molar-refractivity contribution is 4.79. The highest BCUT2D eigenvalue weighted by Gasteiger charge is 2.27. The fraction of sp³-hybridized carbons (Fsp3) is 1.00. The van der Waals surface area contributed by atoms with Gasteiger partial charge in [0.1, 0.15) is 0 Å². The van der Waals surface area contributed by atoms with Gasteiger partial charge in [0.25, 0.3) is 0 Å². The van der Waals surface area contributed by atoms with Gasteiger partial charge in [-0.05, 0) is 58.2 Å². The zero-order valence-electron chi connectivity index (χ0n) is 12.2. The number of hydrogen-bond acceptors (Lipinski definition) is 3. The first-order valence-electron chi connectivity index (χ1n) is 7.84. The molecule has 106 valence electrons. The normalized spacial score (nSPS) is 34.7. The predicted octanol–water partition coefficient (Wildman–Crippen LogP) is 2.27. The van der Waals surface area contributed by atoms with Crippen molar-refractivity contribution >= 4 is 0 Å². The van der Waals surface area contributed by atoms with Gasteiger partial charge in [-0.2, -0.15) is 0 Å². The van der Waals surface area contributed by atoms with E-state index < -0.39 is 0 Å². The fourth-order valence-corrected chi connectivity index (χ4v) is 3.40. The van der Waals surface area contributed by atoms with E-state index in [1.807, 2.05) is 7.05 Å². The molecule has 3 atom stereocenters. The first kappa shape index (κ1) is 14.3. The molecule has 3 heteroatoms. The van der Waals surface area contributed by atoms with Crippen LogP contribution in [0.15, 0.2) is 0 Å². The van der Waals surface area contributed by atoms with Gasteiger partial charge >= 0.3 is 0 Å². The van der Waals surface area contributed by atoms with E-state index in [0.29, 0.717) is 12.2 Å². The summed E-state index contributed by atoms with van der Waals surface area (Å²) in [5, 5.41) is 3.22. The maximum atomic E-state index is 6.09. The summed E-state index contributed by atoms with van der Waals surface area (Å²) in [4.78, 5) is 2.64. The average Bonchev–Trinajstić information content (AvgIpc) is 2.68. The summed E-state index contributed by atoms with van der Waals surface area (Å²) in [5.41, 5.74) is 0. The summed E-state index contributed by atoms with van der Waals surface area (Å²) in [6.07, 6.45) is 8.99. The highest BCUT2D eigenvalue weighted by Crippen LogP contribution is 2.23. The van der Waals surface area contributed by atoms with E-state index in [9.17, 15) is 0 Å². The first-order valence-corrected chi connectivity index (χ1v) is 7.84. The summed E-state index contributed by atoms with van der Waals surface area (Å²) >= 11 is 0. The molecule has 18 heavy (non-hydrogen) atoms. The van der Waals surface area contributed by atoms with Crippen LogP contribution in [0.3, 0.4) is 0 Å². The zero-order valence-corrected chi connectivity index (χ0v) is 12.2. The second-order valence-electron chi connectivity index (χ2n) is 6.02. The van der Waals surface area contributed by atoms with Crippen LogP contribution in [-0.2, 0) is 4.74 Å². The number of likely N-dealkylation sites (N-methyl/N-ethyl adjacent to an activating group) is 1. The lowest BCUT2D eigenvalue weighted by Gasteiger charge is -2.24. The van der Waals surface area contributed by atoms with Gasteiger partial charge in [0.05, 0.1) is 12.2 Å². The molecule has 2 rings (SSSR count). The fourth-order valence-electron chi connectivity index (χ4n) is 3.40. The molecule has 3 unspecified atom stereocenters. The molecule has 0 aromatic rings. The van der Waals surface area contributed by atoms with Crippen molar-refractivity contribution in [3.63, 3.8) is 0 Å². The average molecular weight is 254 g/mol. The monoisotopic (exact) mass is 254 g/mol. The van der Waals surface area contributed by atoms with Gasteiger partial charge in [-0.1, -0.05) is 13.3 Å². The molecule has 1 N–H and O–H groups in total. The Morgan fingerprint density at radius 3 is 2.72 bits per heavy atom. The Labute approximate surface area is 112 Å². The van der Waals surface area contributed by atoms with Crippen LogP contribution in [0, 0.1) is 5.92 Å². The number of nitrogens with one attached hydrogen (secondary N) is 1. The van der Waals surface area contributed by atoms with Crippen molar-refractivity contribution in [1.82, 2.24) is 10.2 Å². The molecule has 2 saturated heterocycles. The number of ether oxygens (including phenoxy) is 1. The van der Waals surface area contributed by atoms with Crippen molar-refractivity contribution in [3.8, 4) is 0 Å². The van der Waals surface area contributed by atoms with Crippen molar-refractivity contribution in [2.24, 2.45) is 5.92 Å². The molecule has 2 heterocycles. The standard InChI is InChI=1S/C15H30N2O/c1-3-13-5-4-9-17(10-8-13)12-15-7-6-14(18-15)11-16-2/h13-16H,3-12H2,1-2H3. The molecule has 3 nitrogen and oxygen atoms in total. The second kappa shape index (κ2) is 7.46. The van der Waals surface area contributed by atoms with Crippen molar-refractivity contribution in [3.05, 3.63) is 0 Å². The lowest BCUT2D eigenvalue weighted by molar-refractivity contribution is 0.0246.